The van der Waals surface area contributed by atoms with Crippen molar-refractivity contribution in [2.45, 2.75) is 32.0 Å². The average Bonchev–Trinajstić information content (AvgIpc) is 3.30. The molecule has 0 spiro atoms. The third kappa shape index (κ3) is 3.82. The van der Waals surface area contributed by atoms with E-state index >= 15 is 0 Å². The summed E-state index contributed by atoms with van der Waals surface area (Å²) in [5.41, 5.74) is 2.84. The van der Waals surface area contributed by atoms with Crippen molar-refractivity contribution in [3.63, 3.8) is 0 Å². The van der Waals surface area contributed by atoms with E-state index in [0.717, 1.165) is 12.1 Å². The van der Waals surface area contributed by atoms with Crippen LogP contribution < -0.4 is 10.2 Å². The number of rotatable bonds is 6. The van der Waals surface area contributed by atoms with E-state index < -0.39 is 0 Å². The van der Waals surface area contributed by atoms with E-state index in [2.05, 4.69) is 17.4 Å². The lowest BCUT2D eigenvalue weighted by Gasteiger charge is -2.20. The first-order valence-corrected chi connectivity index (χ1v) is 7.49. The van der Waals surface area contributed by atoms with Gasteiger partial charge in [0.1, 0.15) is 5.82 Å². The zero-order chi connectivity index (χ0) is 14.7. The van der Waals surface area contributed by atoms with Gasteiger partial charge in [0.15, 0.2) is 0 Å². The van der Waals surface area contributed by atoms with Crippen LogP contribution in [0.15, 0.2) is 48.5 Å². The maximum atomic E-state index is 14.3. The zero-order valence-corrected chi connectivity index (χ0v) is 12.3. The molecular weight excluding hydrogens is 263 g/mol. The van der Waals surface area contributed by atoms with Crippen LogP contribution in [0.1, 0.15) is 24.0 Å². The Bertz CT molecular complexity index is 593. The van der Waals surface area contributed by atoms with Gasteiger partial charge in [0.05, 0.1) is 5.69 Å². The fraction of sp³-hybridized carbons (Fsp3) is 0.333. The van der Waals surface area contributed by atoms with Crippen LogP contribution in [0.5, 0.6) is 0 Å². The summed E-state index contributed by atoms with van der Waals surface area (Å²) in [7, 11) is 1.92. The van der Waals surface area contributed by atoms with Crippen LogP contribution in [0.3, 0.4) is 0 Å². The number of halogens is 1. The monoisotopic (exact) mass is 284 g/mol. The van der Waals surface area contributed by atoms with Crippen molar-refractivity contribution in [2.24, 2.45) is 0 Å². The van der Waals surface area contributed by atoms with Crippen molar-refractivity contribution in [3.8, 4) is 0 Å². The number of hydrogen-bond acceptors (Lipinski definition) is 2. The maximum Gasteiger partial charge on any atom is 0.146 e. The second-order valence-electron chi connectivity index (χ2n) is 5.78. The van der Waals surface area contributed by atoms with Gasteiger partial charge in [-0.25, -0.2) is 4.39 Å². The van der Waals surface area contributed by atoms with E-state index in [-0.39, 0.29) is 5.82 Å². The molecule has 0 unspecified atom stereocenters. The van der Waals surface area contributed by atoms with Crippen molar-refractivity contribution in [1.82, 2.24) is 5.32 Å². The Balaban J connectivity index is 1.66. The molecule has 3 heteroatoms. The molecule has 0 heterocycles. The molecule has 1 aliphatic carbocycles. The largest absolute Gasteiger partial charge is 0.368 e. The normalized spacial score (nSPS) is 14.2. The molecule has 110 valence electrons. The smallest absolute Gasteiger partial charge is 0.146 e. The molecule has 0 saturated heterocycles. The quantitative estimate of drug-likeness (QED) is 0.870. The fourth-order valence-electron chi connectivity index (χ4n) is 2.46. The van der Waals surface area contributed by atoms with E-state index in [9.17, 15) is 4.39 Å². The Labute approximate surface area is 125 Å². The van der Waals surface area contributed by atoms with Crippen molar-refractivity contribution in [3.05, 3.63) is 65.5 Å². The topological polar surface area (TPSA) is 15.3 Å². The van der Waals surface area contributed by atoms with Crippen LogP contribution >= 0.6 is 0 Å². The van der Waals surface area contributed by atoms with Crippen LogP contribution in [0.2, 0.25) is 0 Å². The van der Waals surface area contributed by atoms with E-state index in [1.165, 1.54) is 18.4 Å². The average molecular weight is 284 g/mol. The summed E-state index contributed by atoms with van der Waals surface area (Å²) in [6, 6.07) is 16.3. The Morgan fingerprint density at radius 3 is 2.52 bits per heavy atom. The fourth-order valence-corrected chi connectivity index (χ4v) is 2.46. The minimum absolute atomic E-state index is 0.150. The highest BCUT2D eigenvalue weighted by Crippen LogP contribution is 2.23. The zero-order valence-electron chi connectivity index (χ0n) is 12.3. The highest BCUT2D eigenvalue weighted by molar-refractivity contribution is 5.49. The second-order valence-corrected chi connectivity index (χ2v) is 5.78. The first-order chi connectivity index (χ1) is 10.2. The van der Waals surface area contributed by atoms with Crippen LogP contribution in [0, 0.1) is 5.82 Å². The predicted molar refractivity (Wildman–Crippen MR) is 84.8 cm³/mol. The van der Waals surface area contributed by atoms with Crippen LogP contribution in [-0.2, 0) is 13.1 Å². The molecule has 21 heavy (non-hydrogen) atoms. The number of nitrogens with zero attached hydrogens (tertiary/aromatic N) is 1. The first-order valence-electron chi connectivity index (χ1n) is 7.49. The summed E-state index contributed by atoms with van der Waals surface area (Å²) < 4.78 is 14.3. The molecule has 3 rings (SSSR count). The lowest BCUT2D eigenvalue weighted by Crippen LogP contribution is -2.19. The first kappa shape index (κ1) is 14.1. The van der Waals surface area contributed by atoms with Crippen LogP contribution in [-0.4, -0.2) is 13.1 Å². The Kier molecular flexibility index (Phi) is 4.20. The van der Waals surface area contributed by atoms with Gasteiger partial charge in [-0.1, -0.05) is 36.4 Å². The molecule has 0 aliphatic heterocycles. The van der Waals surface area contributed by atoms with Crippen molar-refractivity contribution < 1.29 is 4.39 Å². The second kappa shape index (κ2) is 6.27. The molecule has 1 saturated carbocycles. The molecule has 2 aromatic carbocycles. The molecular formula is C18H21FN2. The summed E-state index contributed by atoms with van der Waals surface area (Å²) in [5.74, 6) is -0.150. The molecule has 1 aliphatic rings. The number of benzene rings is 2. The summed E-state index contributed by atoms with van der Waals surface area (Å²) in [6.45, 7) is 1.46. The van der Waals surface area contributed by atoms with Gasteiger partial charge in [-0.2, -0.15) is 0 Å². The molecule has 1 N–H and O–H groups in total. The van der Waals surface area contributed by atoms with Crippen LogP contribution in [0.4, 0.5) is 10.1 Å². The van der Waals surface area contributed by atoms with Gasteiger partial charge in [-0.05, 0) is 36.1 Å². The molecule has 0 aromatic heterocycles. The van der Waals surface area contributed by atoms with Crippen molar-refractivity contribution in [2.75, 3.05) is 11.9 Å². The van der Waals surface area contributed by atoms with Gasteiger partial charge < -0.3 is 10.2 Å². The Morgan fingerprint density at radius 1 is 1.10 bits per heavy atom. The maximum absolute atomic E-state index is 14.3. The molecule has 0 atom stereocenters. The molecule has 1 fully saturated rings. The highest BCUT2D eigenvalue weighted by atomic mass is 19.1. The number of anilines is 1. The minimum Gasteiger partial charge on any atom is -0.368 e. The van der Waals surface area contributed by atoms with Gasteiger partial charge in [-0.15, -0.1) is 0 Å². The predicted octanol–water partition coefficient (Wildman–Crippen LogP) is 3.71. The molecule has 2 aromatic rings. The SMILES string of the molecule is CN(Cc1ccccc1)c1ccc(CNC2CC2)cc1F. The van der Waals surface area contributed by atoms with E-state index in [1.807, 2.05) is 42.3 Å². The van der Waals surface area contributed by atoms with E-state index in [4.69, 9.17) is 0 Å². The Morgan fingerprint density at radius 2 is 1.86 bits per heavy atom. The molecule has 0 radical (unpaired) electrons. The van der Waals surface area contributed by atoms with E-state index in [1.54, 1.807) is 6.07 Å². The van der Waals surface area contributed by atoms with Gasteiger partial charge in [0, 0.05) is 26.2 Å². The summed E-state index contributed by atoms with van der Waals surface area (Å²) >= 11 is 0. The van der Waals surface area contributed by atoms with Gasteiger partial charge in [0.2, 0.25) is 0 Å². The lowest BCUT2D eigenvalue weighted by molar-refractivity contribution is 0.614. The molecule has 0 bridgehead atoms. The lowest BCUT2D eigenvalue weighted by atomic mass is 10.1. The van der Waals surface area contributed by atoms with Gasteiger partial charge in [0.25, 0.3) is 0 Å². The summed E-state index contributed by atoms with van der Waals surface area (Å²) in [4.78, 5) is 1.95. The Hall–Kier alpha value is -1.87. The number of hydrogen-bond donors (Lipinski definition) is 1. The van der Waals surface area contributed by atoms with E-state index in [0.29, 0.717) is 18.3 Å². The third-order valence-corrected chi connectivity index (χ3v) is 3.86. The highest BCUT2D eigenvalue weighted by Gasteiger charge is 2.20. The van der Waals surface area contributed by atoms with Gasteiger partial charge in [-0.3, -0.25) is 0 Å². The summed E-state index contributed by atoms with van der Waals surface area (Å²) in [6.07, 6.45) is 2.50. The molecule has 2 nitrogen and oxygen atoms in total. The molecule has 0 amide bonds. The van der Waals surface area contributed by atoms with Crippen molar-refractivity contribution in [1.29, 1.82) is 0 Å². The number of nitrogens with one attached hydrogen (secondary N) is 1. The van der Waals surface area contributed by atoms with Gasteiger partial charge >= 0.3 is 0 Å². The van der Waals surface area contributed by atoms with Crippen LogP contribution in [0.25, 0.3) is 0 Å². The minimum atomic E-state index is -0.150. The standard InChI is InChI=1S/C18H21FN2/c1-21(13-14-5-3-2-4-6-14)18-10-7-15(11-17(18)19)12-20-16-8-9-16/h2-7,10-11,16,20H,8-9,12-13H2,1H3. The van der Waals surface area contributed by atoms with Crippen molar-refractivity contribution >= 4 is 5.69 Å². The third-order valence-electron chi connectivity index (χ3n) is 3.86. The summed E-state index contributed by atoms with van der Waals surface area (Å²) in [5, 5.41) is 3.41.